The maximum atomic E-state index is 12.8. The fraction of sp³-hybridized carbons (Fsp3) is 0.429. The summed E-state index contributed by atoms with van der Waals surface area (Å²) in [4.78, 5) is 15.4. The van der Waals surface area contributed by atoms with Crippen molar-refractivity contribution in [3.05, 3.63) is 63.2 Å². The third-order valence-corrected chi connectivity index (χ3v) is 7.82. The molecule has 8 nitrogen and oxygen atoms in total. The molecule has 0 spiro atoms. The molecule has 2 aromatic carbocycles. The van der Waals surface area contributed by atoms with E-state index >= 15 is 0 Å². The van der Waals surface area contributed by atoms with E-state index in [9.17, 15) is 18.5 Å². The van der Waals surface area contributed by atoms with Gasteiger partial charge in [-0.1, -0.05) is 37.6 Å². The van der Waals surface area contributed by atoms with Crippen LogP contribution >= 0.6 is 11.6 Å². The van der Waals surface area contributed by atoms with Crippen LogP contribution in [-0.4, -0.2) is 61.8 Å². The fourth-order valence-electron chi connectivity index (χ4n) is 3.78. The molecule has 1 saturated heterocycles. The Morgan fingerprint density at radius 3 is 2.19 bits per heavy atom. The lowest BCUT2D eigenvalue weighted by atomic mass is 10.2. The lowest BCUT2D eigenvalue weighted by Crippen LogP contribution is -2.46. The number of nitro benzene ring substituents is 1. The van der Waals surface area contributed by atoms with Gasteiger partial charge in [-0.3, -0.25) is 15.0 Å². The second kappa shape index (κ2) is 9.95. The van der Waals surface area contributed by atoms with E-state index in [0.29, 0.717) is 36.9 Å². The fourth-order valence-corrected chi connectivity index (χ4v) is 5.39. The number of hydrogen-bond acceptors (Lipinski definition) is 6. The zero-order valence-electron chi connectivity index (χ0n) is 17.7. The number of halogens is 1. The molecule has 0 amide bonds. The highest BCUT2D eigenvalue weighted by molar-refractivity contribution is 7.89. The van der Waals surface area contributed by atoms with Crippen LogP contribution in [0.4, 0.5) is 11.4 Å². The van der Waals surface area contributed by atoms with E-state index in [-0.39, 0.29) is 10.6 Å². The minimum atomic E-state index is -3.76. The molecule has 0 bridgehead atoms. The maximum Gasteiger partial charge on any atom is 0.293 e. The van der Waals surface area contributed by atoms with Crippen molar-refractivity contribution in [2.24, 2.45) is 0 Å². The molecule has 0 radical (unpaired) electrons. The number of piperazine rings is 1. The van der Waals surface area contributed by atoms with E-state index in [1.807, 2.05) is 29.2 Å². The average Bonchev–Trinajstić information content (AvgIpc) is 2.76. The molecule has 2 aromatic rings. The Labute approximate surface area is 188 Å². The summed E-state index contributed by atoms with van der Waals surface area (Å²) < 4.78 is 26.8. The lowest BCUT2D eigenvalue weighted by molar-refractivity contribution is -0.384. The Morgan fingerprint density at radius 1 is 1.03 bits per heavy atom. The van der Waals surface area contributed by atoms with Crippen LogP contribution in [0.15, 0.2) is 47.4 Å². The molecule has 0 unspecified atom stereocenters. The summed E-state index contributed by atoms with van der Waals surface area (Å²) in [6.45, 7) is 7.63. The van der Waals surface area contributed by atoms with E-state index in [1.54, 1.807) is 19.9 Å². The molecular formula is C21H27ClN4O4S. The number of anilines is 1. The molecule has 10 heteroatoms. The Kier molecular flexibility index (Phi) is 7.53. The standard InChI is InChI=1S/C21H27ClN4O4S/c1-3-25(4-2)31(29,30)19-9-10-20(21(15-19)26(27)28)24-13-11-23(12-14-24)16-17-5-7-18(22)8-6-17/h5-10,15H,3-4,11-14,16H2,1-2H3. The Bertz CT molecular complexity index is 1020. The molecule has 0 saturated carbocycles. The van der Waals surface area contributed by atoms with Crippen LogP contribution in [0.3, 0.4) is 0 Å². The molecule has 0 N–H and O–H groups in total. The summed E-state index contributed by atoms with van der Waals surface area (Å²) in [7, 11) is -3.76. The highest BCUT2D eigenvalue weighted by Gasteiger charge is 2.28. The maximum absolute atomic E-state index is 12.8. The van der Waals surface area contributed by atoms with Crippen LogP contribution in [-0.2, 0) is 16.6 Å². The van der Waals surface area contributed by atoms with E-state index in [1.165, 1.54) is 16.4 Å². The van der Waals surface area contributed by atoms with Crippen LogP contribution in [0.1, 0.15) is 19.4 Å². The van der Waals surface area contributed by atoms with Gasteiger partial charge in [0, 0.05) is 56.9 Å². The largest absolute Gasteiger partial charge is 0.363 e. The van der Waals surface area contributed by atoms with Crippen molar-refractivity contribution in [2.75, 3.05) is 44.2 Å². The topological polar surface area (TPSA) is 87.0 Å². The SMILES string of the molecule is CCN(CC)S(=O)(=O)c1ccc(N2CCN(Cc3ccc(Cl)cc3)CC2)c([N+](=O)[O-])c1. The summed E-state index contributed by atoms with van der Waals surface area (Å²) in [5.41, 5.74) is 1.43. The quantitative estimate of drug-likeness (QED) is 0.436. The van der Waals surface area contributed by atoms with Gasteiger partial charge in [-0.25, -0.2) is 8.42 Å². The highest BCUT2D eigenvalue weighted by Crippen LogP contribution is 2.32. The molecule has 1 aliphatic rings. The smallest absolute Gasteiger partial charge is 0.293 e. The van der Waals surface area contributed by atoms with Crippen molar-refractivity contribution in [3.63, 3.8) is 0 Å². The van der Waals surface area contributed by atoms with Crippen LogP contribution in [0.2, 0.25) is 5.02 Å². The second-order valence-corrected chi connectivity index (χ2v) is 9.76. The van der Waals surface area contributed by atoms with Gasteiger partial charge in [-0.05, 0) is 29.8 Å². The Hall–Kier alpha value is -2.20. The number of benzene rings is 2. The van der Waals surface area contributed by atoms with Crippen LogP contribution in [0, 0.1) is 10.1 Å². The van der Waals surface area contributed by atoms with Crippen molar-refractivity contribution in [1.82, 2.24) is 9.21 Å². The molecular weight excluding hydrogens is 440 g/mol. The van der Waals surface area contributed by atoms with Gasteiger partial charge in [0.2, 0.25) is 10.0 Å². The molecule has 1 aliphatic heterocycles. The third-order valence-electron chi connectivity index (χ3n) is 5.52. The predicted octanol–water partition coefficient (Wildman–Crippen LogP) is 3.60. The van der Waals surface area contributed by atoms with Crippen molar-refractivity contribution in [3.8, 4) is 0 Å². The van der Waals surface area contributed by atoms with Gasteiger partial charge < -0.3 is 4.90 Å². The molecule has 0 aliphatic carbocycles. The minimum Gasteiger partial charge on any atom is -0.363 e. The molecule has 1 fully saturated rings. The van der Waals surface area contributed by atoms with Gasteiger partial charge in [0.1, 0.15) is 5.69 Å². The molecule has 0 atom stereocenters. The number of nitrogens with zero attached hydrogens (tertiary/aromatic N) is 4. The van der Waals surface area contributed by atoms with Gasteiger partial charge in [0.05, 0.1) is 9.82 Å². The average molecular weight is 467 g/mol. The second-order valence-electron chi connectivity index (χ2n) is 7.39. The number of sulfonamides is 1. The summed E-state index contributed by atoms with van der Waals surface area (Å²) in [5, 5.41) is 12.4. The number of hydrogen-bond donors (Lipinski definition) is 0. The molecule has 168 valence electrons. The van der Waals surface area contributed by atoms with Crippen LogP contribution in [0.25, 0.3) is 0 Å². The van der Waals surface area contributed by atoms with E-state index in [2.05, 4.69) is 4.90 Å². The molecule has 3 rings (SSSR count). The lowest BCUT2D eigenvalue weighted by Gasteiger charge is -2.36. The molecule has 1 heterocycles. The van der Waals surface area contributed by atoms with E-state index < -0.39 is 14.9 Å². The summed E-state index contributed by atoms with van der Waals surface area (Å²) in [6.07, 6.45) is 0. The predicted molar refractivity (Wildman–Crippen MR) is 122 cm³/mol. The summed E-state index contributed by atoms with van der Waals surface area (Å²) >= 11 is 5.94. The zero-order chi connectivity index (χ0) is 22.6. The van der Waals surface area contributed by atoms with Crippen molar-refractivity contribution >= 4 is 33.0 Å². The summed E-state index contributed by atoms with van der Waals surface area (Å²) in [6, 6.07) is 11.9. The first-order valence-electron chi connectivity index (χ1n) is 10.3. The van der Waals surface area contributed by atoms with E-state index in [0.717, 1.165) is 25.2 Å². The first-order chi connectivity index (χ1) is 14.8. The third kappa shape index (κ3) is 5.35. The van der Waals surface area contributed by atoms with Crippen molar-refractivity contribution in [1.29, 1.82) is 0 Å². The Balaban J connectivity index is 1.76. The molecule has 0 aromatic heterocycles. The zero-order valence-corrected chi connectivity index (χ0v) is 19.3. The van der Waals surface area contributed by atoms with Crippen LogP contribution in [0.5, 0.6) is 0 Å². The van der Waals surface area contributed by atoms with Crippen molar-refractivity contribution in [2.45, 2.75) is 25.3 Å². The first-order valence-corrected chi connectivity index (χ1v) is 12.1. The monoisotopic (exact) mass is 466 g/mol. The van der Waals surface area contributed by atoms with Crippen LogP contribution < -0.4 is 4.90 Å². The van der Waals surface area contributed by atoms with Gasteiger partial charge in [-0.2, -0.15) is 4.31 Å². The normalized spacial score (nSPS) is 15.4. The minimum absolute atomic E-state index is 0.0481. The van der Waals surface area contributed by atoms with E-state index in [4.69, 9.17) is 11.6 Å². The summed E-state index contributed by atoms with van der Waals surface area (Å²) in [5.74, 6) is 0. The molecule has 31 heavy (non-hydrogen) atoms. The van der Waals surface area contributed by atoms with Gasteiger partial charge in [0.15, 0.2) is 0 Å². The van der Waals surface area contributed by atoms with Crippen molar-refractivity contribution < 1.29 is 13.3 Å². The Morgan fingerprint density at radius 2 is 1.65 bits per heavy atom. The van der Waals surface area contributed by atoms with Gasteiger partial charge in [0.25, 0.3) is 5.69 Å². The number of nitro groups is 1. The number of rotatable bonds is 8. The highest BCUT2D eigenvalue weighted by atomic mass is 35.5. The first kappa shape index (κ1) is 23.5. The van der Waals surface area contributed by atoms with Gasteiger partial charge >= 0.3 is 0 Å². The van der Waals surface area contributed by atoms with Gasteiger partial charge in [-0.15, -0.1) is 0 Å².